The Morgan fingerprint density at radius 2 is 2.30 bits per heavy atom. The van der Waals surface area contributed by atoms with Gasteiger partial charge in [-0.2, -0.15) is 0 Å². The van der Waals surface area contributed by atoms with Crippen LogP contribution in [0.25, 0.3) is 0 Å². The van der Waals surface area contributed by atoms with E-state index < -0.39 is 0 Å². The highest BCUT2D eigenvalue weighted by Gasteiger charge is 2.20. The Hall–Kier alpha value is -0.0800. The second kappa shape index (κ2) is 3.35. The van der Waals surface area contributed by atoms with E-state index in [1.165, 1.54) is 25.9 Å². The van der Waals surface area contributed by atoms with Crippen LogP contribution in [0, 0.1) is 5.92 Å². The zero-order valence-electron chi connectivity index (χ0n) is 7.01. The molecule has 60 valence electrons. The van der Waals surface area contributed by atoms with E-state index in [4.69, 9.17) is 5.73 Å². The first-order valence-electron chi connectivity index (χ1n) is 4.20. The lowest BCUT2D eigenvalue weighted by molar-refractivity contribution is 0.231. The maximum Gasteiger partial charge on any atom is 0.0572 e. The number of hydrogen-bond donors (Lipinski definition) is 1. The van der Waals surface area contributed by atoms with Crippen LogP contribution in [0.1, 0.15) is 26.7 Å². The second-order valence-corrected chi connectivity index (χ2v) is 3.60. The van der Waals surface area contributed by atoms with Crippen LogP contribution in [-0.4, -0.2) is 24.2 Å². The Balaban J connectivity index is 2.26. The van der Waals surface area contributed by atoms with Gasteiger partial charge in [0.15, 0.2) is 0 Å². The predicted octanol–water partition coefficient (Wildman–Crippen LogP) is 1.02. The molecule has 0 aromatic rings. The highest BCUT2D eigenvalue weighted by molar-refractivity contribution is 4.74. The van der Waals surface area contributed by atoms with E-state index in [1.54, 1.807) is 0 Å². The largest absolute Gasteiger partial charge is 0.316 e. The summed E-state index contributed by atoms with van der Waals surface area (Å²) in [6.07, 6.45) is 2.82. The van der Waals surface area contributed by atoms with Crippen molar-refractivity contribution in [1.29, 1.82) is 0 Å². The summed E-state index contributed by atoms with van der Waals surface area (Å²) in [6, 6.07) is 0. The standard InChI is InChI=1S/C8H18N2/c1-7(2)6-10-5-3-4-8(10)9/h7-8H,3-6,9H2,1-2H3/t8-/m1/s1. The third-order valence-corrected chi connectivity index (χ3v) is 2.01. The van der Waals surface area contributed by atoms with Crippen molar-refractivity contribution in [1.82, 2.24) is 4.90 Å². The molecule has 0 unspecified atom stereocenters. The smallest absolute Gasteiger partial charge is 0.0572 e. The van der Waals surface area contributed by atoms with Crippen molar-refractivity contribution in [3.05, 3.63) is 0 Å². The maximum absolute atomic E-state index is 5.85. The molecule has 2 heteroatoms. The summed E-state index contributed by atoms with van der Waals surface area (Å²) < 4.78 is 0. The zero-order chi connectivity index (χ0) is 7.56. The molecule has 1 aliphatic heterocycles. The number of nitrogens with zero attached hydrogens (tertiary/aromatic N) is 1. The van der Waals surface area contributed by atoms with Gasteiger partial charge in [0.1, 0.15) is 0 Å². The lowest BCUT2D eigenvalue weighted by Crippen LogP contribution is -2.38. The molecule has 2 N–H and O–H groups in total. The average molecular weight is 142 g/mol. The summed E-state index contributed by atoms with van der Waals surface area (Å²) in [7, 11) is 0. The molecular weight excluding hydrogens is 124 g/mol. The van der Waals surface area contributed by atoms with Gasteiger partial charge in [0.05, 0.1) is 6.17 Å². The van der Waals surface area contributed by atoms with Crippen LogP contribution in [0.2, 0.25) is 0 Å². The topological polar surface area (TPSA) is 29.3 Å². The van der Waals surface area contributed by atoms with Crippen molar-refractivity contribution in [2.75, 3.05) is 13.1 Å². The molecule has 0 radical (unpaired) electrons. The molecule has 0 aliphatic carbocycles. The lowest BCUT2D eigenvalue weighted by Gasteiger charge is -2.22. The van der Waals surface area contributed by atoms with Crippen molar-refractivity contribution in [2.24, 2.45) is 11.7 Å². The Bertz CT molecular complexity index is 101. The molecule has 2 nitrogen and oxygen atoms in total. The third kappa shape index (κ3) is 1.96. The molecule has 0 spiro atoms. The second-order valence-electron chi connectivity index (χ2n) is 3.60. The number of rotatable bonds is 2. The number of hydrogen-bond acceptors (Lipinski definition) is 2. The average Bonchev–Trinajstić information content (AvgIpc) is 2.15. The van der Waals surface area contributed by atoms with Crippen molar-refractivity contribution in [3.63, 3.8) is 0 Å². The Morgan fingerprint density at radius 1 is 1.60 bits per heavy atom. The van der Waals surface area contributed by atoms with Gasteiger partial charge in [0.2, 0.25) is 0 Å². The van der Waals surface area contributed by atoms with Gasteiger partial charge in [-0.1, -0.05) is 13.8 Å². The van der Waals surface area contributed by atoms with E-state index in [0.29, 0.717) is 6.17 Å². The van der Waals surface area contributed by atoms with Crippen LogP contribution >= 0.6 is 0 Å². The highest BCUT2D eigenvalue weighted by atomic mass is 15.2. The van der Waals surface area contributed by atoms with E-state index in [-0.39, 0.29) is 0 Å². The fourth-order valence-electron chi connectivity index (χ4n) is 1.55. The van der Waals surface area contributed by atoms with E-state index in [9.17, 15) is 0 Å². The monoisotopic (exact) mass is 142 g/mol. The van der Waals surface area contributed by atoms with Gasteiger partial charge in [0, 0.05) is 6.54 Å². The molecule has 1 fully saturated rings. The molecule has 0 amide bonds. The normalized spacial score (nSPS) is 28.2. The quantitative estimate of drug-likeness (QED) is 0.624. The van der Waals surface area contributed by atoms with E-state index in [2.05, 4.69) is 18.7 Å². The van der Waals surface area contributed by atoms with Gasteiger partial charge in [-0.3, -0.25) is 4.90 Å². The van der Waals surface area contributed by atoms with Gasteiger partial charge < -0.3 is 5.73 Å². The van der Waals surface area contributed by atoms with E-state index >= 15 is 0 Å². The maximum atomic E-state index is 5.85. The summed E-state index contributed by atoms with van der Waals surface area (Å²) in [5, 5.41) is 0. The molecule has 1 atom stereocenters. The first-order chi connectivity index (χ1) is 4.70. The van der Waals surface area contributed by atoms with Crippen LogP contribution in [0.5, 0.6) is 0 Å². The van der Waals surface area contributed by atoms with Crippen LogP contribution in [0.3, 0.4) is 0 Å². The van der Waals surface area contributed by atoms with E-state index in [0.717, 1.165) is 5.92 Å². The van der Waals surface area contributed by atoms with Crippen LogP contribution in [0.4, 0.5) is 0 Å². The first-order valence-corrected chi connectivity index (χ1v) is 4.20. The van der Waals surface area contributed by atoms with Crippen molar-refractivity contribution in [2.45, 2.75) is 32.9 Å². The molecule has 0 bridgehead atoms. The summed E-state index contributed by atoms with van der Waals surface area (Å²) in [5.41, 5.74) is 5.85. The molecule has 0 aromatic carbocycles. The van der Waals surface area contributed by atoms with Gasteiger partial charge in [-0.05, 0) is 25.3 Å². The van der Waals surface area contributed by atoms with Crippen molar-refractivity contribution in [3.8, 4) is 0 Å². The minimum Gasteiger partial charge on any atom is -0.316 e. The van der Waals surface area contributed by atoms with Gasteiger partial charge in [-0.25, -0.2) is 0 Å². The summed E-state index contributed by atoms with van der Waals surface area (Å²) in [4.78, 5) is 2.38. The SMILES string of the molecule is CC(C)CN1CCC[C@@H]1N. The summed E-state index contributed by atoms with van der Waals surface area (Å²) in [5.74, 6) is 0.754. The lowest BCUT2D eigenvalue weighted by atomic mass is 10.2. The molecule has 1 heterocycles. The van der Waals surface area contributed by atoms with Gasteiger partial charge >= 0.3 is 0 Å². The number of likely N-dealkylation sites (tertiary alicyclic amines) is 1. The van der Waals surface area contributed by atoms with Gasteiger partial charge in [0.25, 0.3) is 0 Å². The predicted molar refractivity (Wildman–Crippen MR) is 43.6 cm³/mol. The summed E-state index contributed by atoms with van der Waals surface area (Å²) in [6.45, 7) is 6.86. The third-order valence-electron chi connectivity index (χ3n) is 2.01. The van der Waals surface area contributed by atoms with Crippen LogP contribution in [0.15, 0.2) is 0 Å². The molecule has 0 aromatic heterocycles. The number of nitrogens with two attached hydrogens (primary N) is 1. The highest BCUT2D eigenvalue weighted by Crippen LogP contribution is 2.13. The first kappa shape index (κ1) is 8.02. The zero-order valence-corrected chi connectivity index (χ0v) is 7.01. The molecular formula is C8H18N2. The molecule has 10 heavy (non-hydrogen) atoms. The molecule has 0 saturated carbocycles. The van der Waals surface area contributed by atoms with Crippen LogP contribution < -0.4 is 5.73 Å². The molecule has 1 rings (SSSR count). The van der Waals surface area contributed by atoms with Crippen LogP contribution in [-0.2, 0) is 0 Å². The molecule has 1 saturated heterocycles. The fraction of sp³-hybridized carbons (Fsp3) is 1.00. The van der Waals surface area contributed by atoms with Crippen molar-refractivity contribution >= 4 is 0 Å². The van der Waals surface area contributed by atoms with Gasteiger partial charge in [-0.15, -0.1) is 0 Å². The summed E-state index contributed by atoms with van der Waals surface area (Å²) >= 11 is 0. The minimum absolute atomic E-state index is 0.349. The Morgan fingerprint density at radius 3 is 2.70 bits per heavy atom. The van der Waals surface area contributed by atoms with E-state index in [1.807, 2.05) is 0 Å². The minimum atomic E-state index is 0.349. The molecule has 1 aliphatic rings. The fourth-order valence-corrected chi connectivity index (χ4v) is 1.55. The Labute approximate surface area is 63.4 Å². The van der Waals surface area contributed by atoms with Crippen molar-refractivity contribution < 1.29 is 0 Å². The Kier molecular flexibility index (Phi) is 2.69.